The Morgan fingerprint density at radius 2 is 1.96 bits per heavy atom. The molecule has 1 aromatic heterocycles. The summed E-state index contributed by atoms with van der Waals surface area (Å²) in [5, 5.41) is 0. The maximum Gasteiger partial charge on any atom is 0.209 e. The van der Waals surface area contributed by atoms with Crippen molar-refractivity contribution in [3.63, 3.8) is 0 Å². The van der Waals surface area contributed by atoms with Crippen LogP contribution < -0.4 is 5.73 Å². The lowest BCUT2D eigenvalue weighted by Crippen LogP contribution is -2.28. The SMILES string of the molecule is N[C@@H]1CN(Cc2ncc(-c3cccc(F)c3)o2)C[C@H]1c1ccccc1. The standard InChI is InChI=1S/C20H20FN3O/c21-16-8-4-7-15(9-16)19-10-23-20(25-19)13-24-11-17(18(22)12-24)14-5-2-1-3-6-14/h1-10,17-18H,11-13,22H2/t17-,18+/m0/s1. The number of likely N-dealkylation sites (tertiary alicyclic amines) is 1. The minimum absolute atomic E-state index is 0.0973. The number of benzene rings is 2. The van der Waals surface area contributed by atoms with Crippen molar-refractivity contribution in [2.75, 3.05) is 13.1 Å². The number of halogens is 1. The van der Waals surface area contributed by atoms with Gasteiger partial charge in [-0.2, -0.15) is 0 Å². The highest BCUT2D eigenvalue weighted by atomic mass is 19.1. The van der Waals surface area contributed by atoms with E-state index in [2.05, 4.69) is 22.0 Å². The van der Waals surface area contributed by atoms with Gasteiger partial charge in [0.25, 0.3) is 0 Å². The van der Waals surface area contributed by atoms with Crippen LogP contribution in [0.3, 0.4) is 0 Å². The monoisotopic (exact) mass is 337 g/mol. The minimum Gasteiger partial charge on any atom is -0.439 e. The van der Waals surface area contributed by atoms with Crippen LogP contribution in [-0.4, -0.2) is 29.0 Å². The number of hydrogen-bond donors (Lipinski definition) is 1. The molecule has 0 saturated carbocycles. The third-order valence-corrected chi connectivity index (χ3v) is 4.69. The second-order valence-corrected chi connectivity index (χ2v) is 6.50. The quantitative estimate of drug-likeness (QED) is 0.793. The fourth-order valence-corrected chi connectivity index (χ4v) is 3.45. The predicted molar refractivity (Wildman–Crippen MR) is 94.3 cm³/mol. The van der Waals surface area contributed by atoms with Gasteiger partial charge in [0.1, 0.15) is 5.82 Å². The van der Waals surface area contributed by atoms with E-state index in [0.717, 1.165) is 13.1 Å². The summed E-state index contributed by atoms with van der Waals surface area (Å²) < 4.78 is 19.2. The van der Waals surface area contributed by atoms with E-state index in [1.807, 2.05) is 24.3 Å². The highest BCUT2D eigenvalue weighted by Gasteiger charge is 2.31. The van der Waals surface area contributed by atoms with Gasteiger partial charge < -0.3 is 10.2 Å². The zero-order valence-electron chi connectivity index (χ0n) is 13.8. The molecule has 1 saturated heterocycles. The van der Waals surface area contributed by atoms with Crippen LogP contribution in [0, 0.1) is 5.82 Å². The van der Waals surface area contributed by atoms with E-state index in [1.54, 1.807) is 12.3 Å². The second-order valence-electron chi connectivity index (χ2n) is 6.50. The third kappa shape index (κ3) is 3.48. The lowest BCUT2D eigenvalue weighted by Gasteiger charge is -2.14. The van der Waals surface area contributed by atoms with Crippen molar-refractivity contribution in [3.8, 4) is 11.3 Å². The number of rotatable bonds is 4. The molecule has 0 bridgehead atoms. The van der Waals surface area contributed by atoms with Crippen molar-refractivity contribution in [1.82, 2.24) is 9.88 Å². The van der Waals surface area contributed by atoms with Crippen LogP contribution in [0.25, 0.3) is 11.3 Å². The first-order valence-corrected chi connectivity index (χ1v) is 8.42. The maximum atomic E-state index is 13.4. The molecule has 25 heavy (non-hydrogen) atoms. The Bertz CT molecular complexity index is 849. The molecule has 0 aliphatic carbocycles. The van der Waals surface area contributed by atoms with Gasteiger partial charge in [-0.1, -0.05) is 42.5 Å². The molecule has 128 valence electrons. The van der Waals surface area contributed by atoms with Gasteiger partial charge >= 0.3 is 0 Å². The first kappa shape index (κ1) is 16.0. The topological polar surface area (TPSA) is 55.3 Å². The van der Waals surface area contributed by atoms with Gasteiger partial charge in [-0.15, -0.1) is 0 Å². The van der Waals surface area contributed by atoms with E-state index in [9.17, 15) is 4.39 Å². The van der Waals surface area contributed by atoms with Crippen molar-refractivity contribution in [1.29, 1.82) is 0 Å². The fourth-order valence-electron chi connectivity index (χ4n) is 3.45. The van der Waals surface area contributed by atoms with E-state index in [1.165, 1.54) is 17.7 Å². The summed E-state index contributed by atoms with van der Waals surface area (Å²) in [5.41, 5.74) is 8.30. The summed E-state index contributed by atoms with van der Waals surface area (Å²) in [6, 6.07) is 16.8. The molecule has 1 fully saturated rings. The molecular weight excluding hydrogens is 317 g/mol. The average Bonchev–Trinajstić information content (AvgIpc) is 3.23. The highest BCUT2D eigenvalue weighted by Crippen LogP contribution is 2.28. The second kappa shape index (κ2) is 6.78. The first-order valence-electron chi connectivity index (χ1n) is 8.42. The Kier molecular flexibility index (Phi) is 4.34. The first-order chi connectivity index (χ1) is 12.2. The number of nitrogens with two attached hydrogens (primary N) is 1. The summed E-state index contributed by atoms with van der Waals surface area (Å²) >= 11 is 0. The van der Waals surface area contributed by atoms with Crippen LogP contribution in [0.2, 0.25) is 0 Å². The van der Waals surface area contributed by atoms with Gasteiger partial charge in [0.15, 0.2) is 5.76 Å². The molecule has 1 aliphatic rings. The van der Waals surface area contributed by atoms with Crippen molar-refractivity contribution in [2.24, 2.45) is 5.73 Å². The van der Waals surface area contributed by atoms with Crippen LogP contribution >= 0.6 is 0 Å². The molecule has 5 heteroatoms. The molecule has 0 amide bonds. The van der Waals surface area contributed by atoms with Crippen LogP contribution in [0.5, 0.6) is 0 Å². The van der Waals surface area contributed by atoms with Crippen LogP contribution in [0.15, 0.2) is 65.2 Å². The summed E-state index contributed by atoms with van der Waals surface area (Å²) in [5.74, 6) is 1.24. The predicted octanol–water partition coefficient (Wildman–Crippen LogP) is 3.41. The van der Waals surface area contributed by atoms with Gasteiger partial charge in [-0.3, -0.25) is 4.90 Å². The van der Waals surface area contributed by atoms with E-state index in [4.69, 9.17) is 10.2 Å². The largest absolute Gasteiger partial charge is 0.439 e. The Morgan fingerprint density at radius 3 is 2.76 bits per heavy atom. The third-order valence-electron chi connectivity index (χ3n) is 4.69. The van der Waals surface area contributed by atoms with Crippen molar-refractivity contribution in [3.05, 3.63) is 78.1 Å². The van der Waals surface area contributed by atoms with Gasteiger partial charge in [0, 0.05) is 30.6 Å². The highest BCUT2D eigenvalue weighted by molar-refractivity contribution is 5.56. The molecule has 2 atom stereocenters. The summed E-state index contributed by atoms with van der Waals surface area (Å²) in [7, 11) is 0. The molecule has 0 spiro atoms. The van der Waals surface area contributed by atoms with E-state index in [0.29, 0.717) is 29.7 Å². The molecule has 2 aromatic carbocycles. The number of aromatic nitrogens is 1. The van der Waals surface area contributed by atoms with Crippen LogP contribution in [0.1, 0.15) is 17.4 Å². The number of oxazole rings is 1. The molecule has 2 heterocycles. The Morgan fingerprint density at radius 1 is 1.12 bits per heavy atom. The minimum atomic E-state index is -0.285. The fraction of sp³-hybridized carbons (Fsp3) is 0.250. The van der Waals surface area contributed by atoms with Crippen molar-refractivity contribution in [2.45, 2.75) is 18.5 Å². The molecule has 1 aliphatic heterocycles. The zero-order valence-corrected chi connectivity index (χ0v) is 13.8. The van der Waals surface area contributed by atoms with Crippen molar-refractivity contribution >= 4 is 0 Å². The van der Waals surface area contributed by atoms with Crippen LogP contribution in [0.4, 0.5) is 4.39 Å². The van der Waals surface area contributed by atoms with Gasteiger partial charge in [0.05, 0.1) is 12.7 Å². The Labute approximate surface area is 146 Å². The summed E-state index contributed by atoms with van der Waals surface area (Å²) in [6.07, 6.45) is 1.65. The lowest BCUT2D eigenvalue weighted by molar-refractivity contribution is 0.286. The molecule has 4 nitrogen and oxygen atoms in total. The average molecular weight is 337 g/mol. The van der Waals surface area contributed by atoms with Gasteiger partial charge in [-0.05, 0) is 17.7 Å². The van der Waals surface area contributed by atoms with Crippen LogP contribution in [-0.2, 0) is 6.54 Å². The van der Waals surface area contributed by atoms with Crippen molar-refractivity contribution < 1.29 is 8.81 Å². The maximum absolute atomic E-state index is 13.4. The molecule has 2 N–H and O–H groups in total. The lowest BCUT2D eigenvalue weighted by atomic mass is 9.95. The van der Waals surface area contributed by atoms with Gasteiger partial charge in [0.2, 0.25) is 5.89 Å². The van der Waals surface area contributed by atoms with Gasteiger partial charge in [-0.25, -0.2) is 9.37 Å². The Balaban J connectivity index is 1.45. The summed E-state index contributed by atoms with van der Waals surface area (Å²) in [4.78, 5) is 6.59. The normalized spacial score (nSPS) is 20.9. The van der Waals surface area contributed by atoms with E-state index >= 15 is 0 Å². The van der Waals surface area contributed by atoms with E-state index in [-0.39, 0.29) is 11.9 Å². The number of nitrogens with zero attached hydrogens (tertiary/aromatic N) is 2. The smallest absolute Gasteiger partial charge is 0.209 e. The van der Waals surface area contributed by atoms with E-state index < -0.39 is 0 Å². The molecule has 0 radical (unpaired) electrons. The molecule has 3 aromatic rings. The molecule has 4 rings (SSSR count). The zero-order chi connectivity index (χ0) is 17.2. The Hall–Kier alpha value is -2.50. The molecule has 0 unspecified atom stereocenters. The number of hydrogen-bond acceptors (Lipinski definition) is 4. The molecular formula is C20H20FN3O. The summed E-state index contributed by atoms with van der Waals surface area (Å²) in [6.45, 7) is 2.28.